The first-order chi connectivity index (χ1) is 29.7. The number of aliphatic hydroxyl groups excluding tert-OH is 8. The molecule has 0 spiro atoms. The summed E-state index contributed by atoms with van der Waals surface area (Å²) in [5, 5.41) is 101. The number of carboxylic acids is 2. The van der Waals surface area contributed by atoms with E-state index in [1.165, 1.54) is 0 Å². The molecule has 62 heavy (non-hydrogen) atoms. The summed E-state index contributed by atoms with van der Waals surface area (Å²) >= 11 is 0. The van der Waals surface area contributed by atoms with Gasteiger partial charge in [0, 0.05) is 16.5 Å². The molecule has 0 bridgehead atoms. The molecule has 6 rings (SSSR count). The SMILES string of the molecule is O=C(O)CC1=CCC(CC/C=C/CCc2cccc(-c3ccccc3O[C@H]3O[C@H](CO)[C@@H](O)[C@H](O)[C@@H]3O)c2)(CC(=O)O)C=C1c1ccccc1O[C@H]1O[C@H](CO)[C@@H](O)[C@H](O)[C@@H]1O. The van der Waals surface area contributed by atoms with Crippen LogP contribution < -0.4 is 9.47 Å². The molecule has 2 saturated heterocycles. The van der Waals surface area contributed by atoms with Crippen LogP contribution >= 0.6 is 0 Å². The number of aryl methyl sites for hydroxylation is 1. The maximum Gasteiger partial charge on any atom is 0.307 e. The second-order valence-corrected chi connectivity index (χ2v) is 15.9. The molecule has 334 valence electrons. The third kappa shape index (κ3) is 11.0. The van der Waals surface area contributed by atoms with Gasteiger partial charge in [0.25, 0.3) is 0 Å². The Morgan fingerprint density at radius 2 is 1.24 bits per heavy atom. The van der Waals surface area contributed by atoms with Gasteiger partial charge in [-0.1, -0.05) is 85.0 Å². The van der Waals surface area contributed by atoms with Crippen LogP contribution in [-0.4, -0.2) is 138 Å². The van der Waals surface area contributed by atoms with Crippen LogP contribution in [0.2, 0.25) is 0 Å². The fraction of sp³-hybridized carbons (Fsp3) is 0.435. The second-order valence-electron chi connectivity index (χ2n) is 15.9. The predicted molar refractivity (Wildman–Crippen MR) is 221 cm³/mol. The monoisotopic (exact) mass is 862 g/mol. The molecule has 2 heterocycles. The minimum atomic E-state index is -1.69. The molecule has 10 N–H and O–H groups in total. The summed E-state index contributed by atoms with van der Waals surface area (Å²) in [5.41, 5.74) is 2.87. The van der Waals surface area contributed by atoms with Crippen molar-refractivity contribution in [2.24, 2.45) is 5.41 Å². The number of carbonyl (C=O) groups is 2. The van der Waals surface area contributed by atoms with E-state index in [2.05, 4.69) is 0 Å². The third-order valence-electron chi connectivity index (χ3n) is 11.5. The molecule has 0 radical (unpaired) electrons. The number of allylic oxidation sites excluding steroid dienone is 5. The topological polar surface area (TPSA) is 273 Å². The van der Waals surface area contributed by atoms with E-state index in [0.717, 1.165) is 11.1 Å². The van der Waals surface area contributed by atoms with Crippen LogP contribution in [0.25, 0.3) is 16.7 Å². The quantitative estimate of drug-likeness (QED) is 0.0822. The van der Waals surface area contributed by atoms with E-state index in [1.807, 2.05) is 48.6 Å². The van der Waals surface area contributed by atoms with Gasteiger partial charge in [-0.2, -0.15) is 0 Å². The number of para-hydroxylation sites is 2. The van der Waals surface area contributed by atoms with E-state index in [4.69, 9.17) is 18.9 Å². The molecule has 16 nitrogen and oxygen atoms in total. The van der Waals surface area contributed by atoms with Crippen LogP contribution in [0, 0.1) is 5.41 Å². The Hall–Kier alpha value is -4.98. The van der Waals surface area contributed by atoms with Crippen molar-refractivity contribution in [3.05, 3.63) is 114 Å². The number of aliphatic carboxylic acids is 2. The van der Waals surface area contributed by atoms with Gasteiger partial charge in [-0.15, -0.1) is 0 Å². The highest BCUT2D eigenvalue weighted by molar-refractivity contribution is 5.89. The largest absolute Gasteiger partial charge is 0.481 e. The Bertz CT molecular complexity index is 2100. The van der Waals surface area contributed by atoms with Gasteiger partial charge in [0.1, 0.15) is 60.3 Å². The van der Waals surface area contributed by atoms with Crippen LogP contribution in [0.4, 0.5) is 0 Å². The lowest BCUT2D eigenvalue weighted by Crippen LogP contribution is -2.60. The molecule has 3 aromatic rings. The van der Waals surface area contributed by atoms with Crippen molar-refractivity contribution in [3.63, 3.8) is 0 Å². The van der Waals surface area contributed by atoms with Crippen LogP contribution in [-0.2, 0) is 25.5 Å². The number of aliphatic hydroxyl groups is 8. The molecule has 16 heteroatoms. The maximum atomic E-state index is 12.3. The van der Waals surface area contributed by atoms with E-state index in [9.17, 15) is 60.7 Å². The van der Waals surface area contributed by atoms with E-state index >= 15 is 0 Å². The predicted octanol–water partition coefficient (Wildman–Crippen LogP) is 2.33. The molecule has 3 aliphatic rings. The summed E-state index contributed by atoms with van der Waals surface area (Å²) in [6.45, 7) is -1.24. The lowest BCUT2D eigenvalue weighted by atomic mass is 9.70. The van der Waals surface area contributed by atoms with Gasteiger partial charge in [0.05, 0.1) is 26.1 Å². The number of hydrogen-bond acceptors (Lipinski definition) is 14. The Morgan fingerprint density at radius 1 is 0.677 bits per heavy atom. The minimum absolute atomic E-state index is 0.138. The summed E-state index contributed by atoms with van der Waals surface area (Å²) in [5.74, 6) is -1.64. The van der Waals surface area contributed by atoms with Crippen LogP contribution in [0.3, 0.4) is 0 Å². The number of carboxylic acid groups (broad SMARTS) is 2. The Labute approximate surface area is 357 Å². The molecule has 0 saturated carbocycles. The summed E-state index contributed by atoms with van der Waals surface area (Å²) < 4.78 is 23.1. The van der Waals surface area contributed by atoms with Gasteiger partial charge in [-0.25, -0.2) is 0 Å². The van der Waals surface area contributed by atoms with Crippen molar-refractivity contribution in [1.82, 2.24) is 0 Å². The summed E-state index contributed by atoms with van der Waals surface area (Å²) in [7, 11) is 0. The fourth-order valence-corrected chi connectivity index (χ4v) is 8.09. The molecule has 1 unspecified atom stereocenters. The fourth-order valence-electron chi connectivity index (χ4n) is 8.09. The Kier molecular flexibility index (Phi) is 15.7. The van der Waals surface area contributed by atoms with E-state index in [-0.39, 0.29) is 25.0 Å². The molecule has 11 atom stereocenters. The lowest BCUT2D eigenvalue weighted by molar-refractivity contribution is -0.277. The van der Waals surface area contributed by atoms with E-state index in [0.29, 0.717) is 53.7 Å². The smallest absolute Gasteiger partial charge is 0.307 e. The Morgan fingerprint density at radius 3 is 1.82 bits per heavy atom. The molecule has 2 aliphatic heterocycles. The van der Waals surface area contributed by atoms with Crippen molar-refractivity contribution in [3.8, 4) is 22.6 Å². The first-order valence-electron chi connectivity index (χ1n) is 20.5. The summed E-state index contributed by atoms with van der Waals surface area (Å²) in [6, 6.07) is 21.4. The third-order valence-corrected chi connectivity index (χ3v) is 11.5. The standard InChI is InChI=1S/C46H54O16/c47-24-34-38(53)40(55)42(57)44(61-34)59-32-15-6-4-13-29(32)27-12-9-11-26(20-27)10-3-1-2-8-18-46(23-37(51)52)19-17-28(21-36(49)50)31(22-46)30-14-5-7-16-33(30)60-45-43(58)41(56)39(54)35(25-48)62-45/h1-2,4-7,9,11-17,20,22,34-35,38-45,47-48,53-58H,3,8,10,18-19,21,23-25H2,(H,49,50)(H,51,52)/b2-1+/t34-,35-,38-,39-,40+,41+,42+,43+,44+,45+,46?/m1/s1. The maximum absolute atomic E-state index is 12.3. The first-order valence-corrected chi connectivity index (χ1v) is 20.5. The highest BCUT2D eigenvalue weighted by Crippen LogP contribution is 2.46. The zero-order valence-electron chi connectivity index (χ0n) is 33.8. The molecule has 0 amide bonds. The van der Waals surface area contributed by atoms with Gasteiger partial charge in [-0.05, 0) is 66.5 Å². The summed E-state index contributed by atoms with van der Waals surface area (Å²) in [6.07, 6.45) is -5.41. The van der Waals surface area contributed by atoms with Gasteiger partial charge in [0.2, 0.25) is 12.6 Å². The van der Waals surface area contributed by atoms with Crippen molar-refractivity contribution in [2.45, 2.75) is 106 Å². The zero-order valence-corrected chi connectivity index (χ0v) is 33.8. The molecule has 0 aromatic heterocycles. The van der Waals surface area contributed by atoms with Gasteiger partial charge in [0.15, 0.2) is 0 Å². The van der Waals surface area contributed by atoms with Crippen LogP contribution in [0.5, 0.6) is 11.5 Å². The molecule has 3 aromatic carbocycles. The first kappa shape index (κ1) is 46.5. The number of hydrogen-bond donors (Lipinski definition) is 10. The van der Waals surface area contributed by atoms with Crippen molar-refractivity contribution in [1.29, 1.82) is 0 Å². The number of rotatable bonds is 18. The lowest BCUT2D eigenvalue weighted by Gasteiger charge is -2.40. The molecule has 1 aliphatic carbocycles. The second kappa shape index (κ2) is 20.9. The highest BCUT2D eigenvalue weighted by atomic mass is 16.7. The average Bonchev–Trinajstić information content (AvgIpc) is 3.26. The summed E-state index contributed by atoms with van der Waals surface area (Å²) in [4.78, 5) is 24.3. The normalized spacial score (nSPS) is 30.1. The van der Waals surface area contributed by atoms with Gasteiger partial charge in [-0.3, -0.25) is 9.59 Å². The van der Waals surface area contributed by atoms with Crippen molar-refractivity contribution < 1.29 is 79.6 Å². The van der Waals surface area contributed by atoms with Gasteiger partial charge < -0.3 is 70.0 Å². The van der Waals surface area contributed by atoms with Crippen molar-refractivity contribution in [2.75, 3.05) is 13.2 Å². The Balaban J connectivity index is 1.15. The van der Waals surface area contributed by atoms with Crippen LogP contribution in [0.15, 0.2) is 103 Å². The molecular weight excluding hydrogens is 808 g/mol. The van der Waals surface area contributed by atoms with E-state index < -0.39 is 92.0 Å². The number of benzene rings is 3. The average molecular weight is 863 g/mol. The number of ether oxygens (including phenoxy) is 4. The molecular formula is C46H54O16. The van der Waals surface area contributed by atoms with Crippen LogP contribution in [0.1, 0.15) is 49.7 Å². The van der Waals surface area contributed by atoms with Crippen molar-refractivity contribution >= 4 is 17.5 Å². The minimum Gasteiger partial charge on any atom is -0.481 e. The zero-order chi connectivity index (χ0) is 44.6. The molecule has 2 fully saturated rings. The highest BCUT2D eigenvalue weighted by Gasteiger charge is 2.46. The van der Waals surface area contributed by atoms with E-state index in [1.54, 1.807) is 48.6 Å². The van der Waals surface area contributed by atoms with Gasteiger partial charge >= 0.3 is 11.9 Å².